The maximum Gasteiger partial charge on any atom is 0.262 e. The Morgan fingerprint density at radius 3 is 2.71 bits per heavy atom. The molecule has 2 aromatic heterocycles. The second-order valence-corrected chi connectivity index (χ2v) is 9.07. The molecule has 3 rings (SSSR count). The van der Waals surface area contributed by atoms with E-state index >= 15 is 0 Å². The van der Waals surface area contributed by atoms with Crippen LogP contribution in [0.15, 0.2) is 46.3 Å². The van der Waals surface area contributed by atoms with Gasteiger partial charge in [-0.25, -0.2) is 0 Å². The monoisotopic (exact) mass is 478 g/mol. The van der Waals surface area contributed by atoms with Crippen LogP contribution in [-0.2, 0) is 4.79 Å². The van der Waals surface area contributed by atoms with Crippen molar-refractivity contribution in [1.29, 1.82) is 0 Å². The number of carbonyl (C=O) groups is 2. The van der Waals surface area contributed by atoms with Gasteiger partial charge in [-0.1, -0.05) is 65.7 Å². The number of rotatable bonds is 7. The number of halogens is 1. The Morgan fingerprint density at radius 1 is 1.21 bits per heavy atom. The van der Waals surface area contributed by atoms with Gasteiger partial charge in [0.2, 0.25) is 11.0 Å². The molecule has 0 bridgehead atoms. The third kappa shape index (κ3) is 5.03. The smallest absolute Gasteiger partial charge is 0.262 e. The Morgan fingerprint density at radius 2 is 2.04 bits per heavy atom. The van der Waals surface area contributed by atoms with Crippen LogP contribution >= 0.6 is 38.6 Å². The van der Waals surface area contributed by atoms with Gasteiger partial charge in [-0.3, -0.25) is 14.9 Å². The van der Waals surface area contributed by atoms with Gasteiger partial charge in [-0.2, -0.15) is 0 Å². The molecule has 2 heterocycles. The van der Waals surface area contributed by atoms with E-state index in [2.05, 4.69) is 36.8 Å². The molecule has 0 saturated heterocycles. The fourth-order valence-electron chi connectivity index (χ4n) is 2.52. The van der Waals surface area contributed by atoms with Crippen LogP contribution in [0.4, 0.5) is 5.13 Å². The second-order valence-electron chi connectivity index (χ2n) is 6.23. The summed E-state index contributed by atoms with van der Waals surface area (Å²) in [4.78, 5) is 25.8. The van der Waals surface area contributed by atoms with E-state index in [1.54, 1.807) is 6.07 Å². The summed E-state index contributed by atoms with van der Waals surface area (Å²) >= 11 is 6.07. The molecular formula is C19H19BrN4O2S2. The zero-order valence-electron chi connectivity index (χ0n) is 15.3. The van der Waals surface area contributed by atoms with Crippen LogP contribution in [-0.4, -0.2) is 28.1 Å². The van der Waals surface area contributed by atoms with Crippen molar-refractivity contribution >= 4 is 55.5 Å². The Kier molecular flexibility index (Phi) is 6.93. The summed E-state index contributed by atoms with van der Waals surface area (Å²) in [5, 5.41) is 16.8. The first-order valence-electron chi connectivity index (χ1n) is 8.72. The summed E-state index contributed by atoms with van der Waals surface area (Å²) in [5.74, 6) is -0.569. The van der Waals surface area contributed by atoms with Crippen molar-refractivity contribution in [3.63, 3.8) is 0 Å². The molecule has 3 aromatic rings. The van der Waals surface area contributed by atoms with E-state index in [-0.39, 0.29) is 17.7 Å². The van der Waals surface area contributed by atoms with Crippen LogP contribution in [0.5, 0.6) is 0 Å². The minimum atomic E-state index is -0.655. The molecule has 2 amide bonds. The van der Waals surface area contributed by atoms with E-state index in [9.17, 15) is 9.59 Å². The lowest BCUT2D eigenvalue weighted by Gasteiger charge is -2.22. The molecule has 0 radical (unpaired) electrons. The quantitative estimate of drug-likeness (QED) is 0.509. The molecule has 0 aliphatic rings. The molecule has 146 valence electrons. The van der Waals surface area contributed by atoms with E-state index in [1.165, 1.54) is 22.7 Å². The van der Waals surface area contributed by atoms with E-state index in [4.69, 9.17) is 0 Å². The standard InChI is InChI=1S/C19H19BrN4O2S2/c1-3-11(2)15(21-16(25)14-8-5-9-27-14)17(26)22-19-24-23-18(28-19)12-6-4-7-13(20)10-12/h4-11,15H,3H2,1-2H3,(H,21,25)(H,22,24,26)/t11-,15-/m1/s1. The topological polar surface area (TPSA) is 84.0 Å². The molecule has 28 heavy (non-hydrogen) atoms. The van der Waals surface area contributed by atoms with Crippen molar-refractivity contribution in [3.8, 4) is 10.6 Å². The summed E-state index contributed by atoms with van der Waals surface area (Å²) in [7, 11) is 0. The van der Waals surface area contributed by atoms with Crippen LogP contribution in [0.25, 0.3) is 10.6 Å². The van der Waals surface area contributed by atoms with Crippen molar-refractivity contribution in [2.24, 2.45) is 5.92 Å². The number of benzene rings is 1. The van der Waals surface area contributed by atoms with Crippen molar-refractivity contribution in [2.45, 2.75) is 26.3 Å². The first-order valence-corrected chi connectivity index (χ1v) is 11.2. The highest BCUT2D eigenvalue weighted by Gasteiger charge is 2.27. The average Bonchev–Trinajstić information content (AvgIpc) is 3.37. The third-order valence-electron chi connectivity index (χ3n) is 4.25. The molecule has 1 aromatic carbocycles. The predicted octanol–water partition coefficient (Wildman–Crippen LogP) is 4.81. The fourth-order valence-corrected chi connectivity index (χ4v) is 4.29. The molecule has 0 unspecified atom stereocenters. The zero-order valence-corrected chi connectivity index (χ0v) is 18.5. The molecule has 0 fully saturated rings. The first kappa shape index (κ1) is 20.6. The van der Waals surface area contributed by atoms with Crippen molar-refractivity contribution in [1.82, 2.24) is 15.5 Å². The van der Waals surface area contributed by atoms with E-state index in [1.807, 2.05) is 49.6 Å². The van der Waals surface area contributed by atoms with Gasteiger partial charge in [0.05, 0.1) is 4.88 Å². The lowest BCUT2D eigenvalue weighted by atomic mass is 9.98. The molecule has 0 saturated carbocycles. The molecule has 0 spiro atoms. The van der Waals surface area contributed by atoms with Crippen molar-refractivity contribution < 1.29 is 9.59 Å². The lowest BCUT2D eigenvalue weighted by molar-refractivity contribution is -0.119. The van der Waals surface area contributed by atoms with Gasteiger partial charge in [0, 0.05) is 10.0 Å². The molecule has 6 nitrogen and oxygen atoms in total. The fraction of sp³-hybridized carbons (Fsp3) is 0.263. The molecule has 0 aliphatic carbocycles. The number of thiophene rings is 1. The van der Waals surface area contributed by atoms with Crippen molar-refractivity contribution in [3.05, 3.63) is 51.1 Å². The Bertz CT molecular complexity index is 959. The van der Waals surface area contributed by atoms with Gasteiger partial charge in [0.1, 0.15) is 11.0 Å². The predicted molar refractivity (Wildman–Crippen MR) is 117 cm³/mol. The first-order chi connectivity index (χ1) is 13.5. The number of aromatic nitrogens is 2. The minimum Gasteiger partial charge on any atom is -0.339 e. The largest absolute Gasteiger partial charge is 0.339 e. The number of nitrogens with one attached hydrogen (secondary N) is 2. The van der Waals surface area contributed by atoms with E-state index in [0.717, 1.165) is 16.5 Å². The molecule has 9 heteroatoms. The highest BCUT2D eigenvalue weighted by atomic mass is 79.9. The summed E-state index contributed by atoms with van der Waals surface area (Å²) in [5.41, 5.74) is 0.914. The van der Waals surface area contributed by atoms with Gasteiger partial charge in [0.15, 0.2) is 0 Å². The number of carbonyl (C=O) groups excluding carboxylic acids is 2. The average molecular weight is 479 g/mol. The normalized spacial score (nSPS) is 13.0. The Labute approximate surface area is 179 Å². The maximum atomic E-state index is 12.8. The van der Waals surface area contributed by atoms with Gasteiger partial charge >= 0.3 is 0 Å². The molecule has 2 N–H and O–H groups in total. The zero-order chi connectivity index (χ0) is 20.1. The summed E-state index contributed by atoms with van der Waals surface area (Å²) < 4.78 is 0.943. The number of hydrogen-bond donors (Lipinski definition) is 2. The highest BCUT2D eigenvalue weighted by molar-refractivity contribution is 9.10. The Hall–Kier alpha value is -2.10. The van der Waals surface area contributed by atoms with Crippen LogP contribution in [0.2, 0.25) is 0 Å². The van der Waals surface area contributed by atoms with Crippen molar-refractivity contribution in [2.75, 3.05) is 5.32 Å². The summed E-state index contributed by atoms with van der Waals surface area (Å²) in [6, 6.07) is 10.6. The highest BCUT2D eigenvalue weighted by Crippen LogP contribution is 2.28. The van der Waals surface area contributed by atoms with Crippen LogP contribution in [0.3, 0.4) is 0 Å². The van der Waals surface area contributed by atoms with Gasteiger partial charge in [-0.05, 0) is 29.5 Å². The van der Waals surface area contributed by atoms with E-state index in [0.29, 0.717) is 15.0 Å². The number of amides is 2. The SMILES string of the molecule is CC[C@@H](C)[C@@H](NC(=O)c1cccs1)C(=O)Nc1nnc(-c2cccc(Br)c2)s1. The maximum absolute atomic E-state index is 12.8. The van der Waals surface area contributed by atoms with Gasteiger partial charge < -0.3 is 5.32 Å². The summed E-state index contributed by atoms with van der Waals surface area (Å²) in [6.45, 7) is 3.92. The van der Waals surface area contributed by atoms with E-state index < -0.39 is 6.04 Å². The van der Waals surface area contributed by atoms with Gasteiger partial charge in [0.25, 0.3) is 5.91 Å². The minimum absolute atomic E-state index is 0.0265. The second kappa shape index (κ2) is 9.40. The summed E-state index contributed by atoms with van der Waals surface area (Å²) in [6.07, 6.45) is 0.752. The van der Waals surface area contributed by atoms with Crippen LogP contribution in [0.1, 0.15) is 29.9 Å². The van der Waals surface area contributed by atoms with Crippen LogP contribution in [0, 0.1) is 5.92 Å². The van der Waals surface area contributed by atoms with Gasteiger partial charge in [-0.15, -0.1) is 21.5 Å². The number of nitrogens with zero attached hydrogens (tertiary/aromatic N) is 2. The molecule has 0 aliphatic heterocycles. The number of anilines is 1. The Balaban J connectivity index is 1.72. The molecule has 2 atom stereocenters. The molecular weight excluding hydrogens is 460 g/mol. The lowest BCUT2D eigenvalue weighted by Crippen LogP contribution is -2.47. The number of hydrogen-bond acceptors (Lipinski definition) is 6. The third-order valence-corrected chi connectivity index (χ3v) is 6.50. The van der Waals surface area contributed by atoms with Crippen LogP contribution < -0.4 is 10.6 Å².